The number of hydrogen-bond acceptors (Lipinski definition) is 9. The van der Waals surface area contributed by atoms with E-state index in [0.717, 1.165) is 58.4 Å². The molecule has 0 radical (unpaired) electrons. The zero-order chi connectivity index (χ0) is 40.1. The second-order valence-electron chi connectivity index (χ2n) is 17.0. The summed E-state index contributed by atoms with van der Waals surface area (Å²) in [6.07, 6.45) is 4.98. The van der Waals surface area contributed by atoms with Gasteiger partial charge in [0.1, 0.15) is 12.6 Å². The summed E-state index contributed by atoms with van der Waals surface area (Å²) in [6.45, 7) is 6.72. The molecular weight excluding hydrogens is 725 g/mol. The van der Waals surface area contributed by atoms with Gasteiger partial charge in [-0.15, -0.1) is 0 Å². The first kappa shape index (κ1) is 40.6. The Hall–Kier alpha value is -4.62. The Bertz CT molecular complexity index is 1860. The first-order valence-corrected chi connectivity index (χ1v) is 20.4. The molecule has 0 bridgehead atoms. The molecule has 4 amide bonds. The number of carbonyl (C=O) groups excluding carboxylic acids is 4. The Morgan fingerprint density at radius 1 is 0.842 bits per heavy atom. The molecule has 304 valence electrons. The zero-order valence-corrected chi connectivity index (χ0v) is 33.2. The number of nitrogens with zero attached hydrogens (tertiary/aromatic N) is 2. The van der Waals surface area contributed by atoms with Gasteiger partial charge in [0.05, 0.1) is 37.8 Å². The van der Waals surface area contributed by atoms with E-state index in [4.69, 9.17) is 14.2 Å². The maximum Gasteiger partial charge on any atom is 0.408 e. The highest BCUT2D eigenvalue weighted by Crippen LogP contribution is 2.42. The maximum absolute atomic E-state index is 13.8. The summed E-state index contributed by atoms with van der Waals surface area (Å²) in [4.78, 5) is 56.0. The number of alkyl carbamates (subject to hydrolysis) is 1. The number of hydrogen-bond donors (Lipinski definition) is 3. The smallest absolute Gasteiger partial charge is 0.408 e. The van der Waals surface area contributed by atoms with Crippen LogP contribution in [0.3, 0.4) is 0 Å². The van der Waals surface area contributed by atoms with Crippen LogP contribution in [0.25, 0.3) is 0 Å². The van der Waals surface area contributed by atoms with Crippen molar-refractivity contribution in [2.24, 2.45) is 5.92 Å². The summed E-state index contributed by atoms with van der Waals surface area (Å²) in [5, 5.41) is 15.5. The predicted octanol–water partition coefficient (Wildman–Crippen LogP) is 6.22. The summed E-state index contributed by atoms with van der Waals surface area (Å²) < 4.78 is 18.7. The van der Waals surface area contributed by atoms with Crippen LogP contribution < -0.4 is 10.6 Å². The molecule has 4 aliphatic rings. The molecule has 7 rings (SSSR count). The van der Waals surface area contributed by atoms with Crippen molar-refractivity contribution in [2.45, 2.75) is 134 Å². The van der Waals surface area contributed by atoms with Gasteiger partial charge in [0.25, 0.3) is 5.91 Å². The van der Waals surface area contributed by atoms with Crippen molar-refractivity contribution in [3.63, 3.8) is 0 Å². The SMILES string of the molecule is CC(C)(C)NC(=O)C1CCC2CCCCC2N1CC1CC(c2ccc(CO)cc2)OC(c2ccc(CN3C(=O)CC(NC(=O)OCc4ccccc4)C3=O)cc2)O1. The van der Waals surface area contributed by atoms with Gasteiger partial charge in [-0.1, -0.05) is 91.7 Å². The number of piperidine rings is 1. The van der Waals surface area contributed by atoms with Gasteiger partial charge in [-0.05, 0) is 74.6 Å². The molecule has 4 fully saturated rings. The number of rotatable bonds is 11. The Morgan fingerprint density at radius 3 is 2.26 bits per heavy atom. The van der Waals surface area contributed by atoms with Crippen LogP contribution in [0.1, 0.15) is 112 Å². The third kappa shape index (κ3) is 10.1. The summed E-state index contributed by atoms with van der Waals surface area (Å²) in [5.41, 5.74) is 3.80. The quantitative estimate of drug-likeness (QED) is 0.193. The summed E-state index contributed by atoms with van der Waals surface area (Å²) in [5.74, 6) is -0.218. The maximum atomic E-state index is 13.8. The van der Waals surface area contributed by atoms with Crippen LogP contribution in [0.15, 0.2) is 78.9 Å². The van der Waals surface area contributed by atoms with E-state index in [0.29, 0.717) is 24.9 Å². The van der Waals surface area contributed by atoms with Crippen molar-refractivity contribution >= 4 is 23.8 Å². The third-order valence-electron chi connectivity index (χ3n) is 11.7. The largest absolute Gasteiger partial charge is 0.445 e. The lowest BCUT2D eigenvalue weighted by Gasteiger charge is -2.50. The van der Waals surface area contributed by atoms with Crippen molar-refractivity contribution in [1.82, 2.24) is 20.4 Å². The number of imide groups is 1. The van der Waals surface area contributed by atoms with Crippen LogP contribution in [0.2, 0.25) is 0 Å². The minimum absolute atomic E-state index is 0.0465. The lowest BCUT2D eigenvalue weighted by atomic mass is 9.75. The van der Waals surface area contributed by atoms with Gasteiger partial charge in [0.15, 0.2) is 6.29 Å². The van der Waals surface area contributed by atoms with E-state index in [-0.39, 0.29) is 61.8 Å². The van der Waals surface area contributed by atoms with E-state index in [2.05, 4.69) is 15.5 Å². The minimum Gasteiger partial charge on any atom is -0.445 e. The van der Waals surface area contributed by atoms with Crippen LogP contribution in [-0.2, 0) is 48.4 Å². The summed E-state index contributed by atoms with van der Waals surface area (Å²) in [6, 6.07) is 23.6. The molecule has 3 aromatic carbocycles. The lowest BCUT2D eigenvalue weighted by Crippen LogP contribution is -2.61. The summed E-state index contributed by atoms with van der Waals surface area (Å²) in [7, 11) is 0. The fraction of sp³-hybridized carbons (Fsp3) is 0.511. The molecule has 3 aliphatic heterocycles. The third-order valence-corrected chi connectivity index (χ3v) is 11.7. The average molecular weight is 781 g/mol. The van der Waals surface area contributed by atoms with Gasteiger partial charge in [-0.3, -0.25) is 24.2 Å². The number of aliphatic hydroxyl groups excluding tert-OH is 1. The summed E-state index contributed by atoms with van der Waals surface area (Å²) >= 11 is 0. The average Bonchev–Trinajstić information content (AvgIpc) is 3.47. The molecule has 1 saturated carbocycles. The van der Waals surface area contributed by atoms with Crippen molar-refractivity contribution < 1.29 is 38.5 Å². The van der Waals surface area contributed by atoms with Gasteiger partial charge in [-0.2, -0.15) is 0 Å². The number of amides is 4. The molecule has 0 spiro atoms. The molecule has 0 aromatic heterocycles. The van der Waals surface area contributed by atoms with Crippen LogP contribution in [0, 0.1) is 5.92 Å². The molecule has 7 unspecified atom stereocenters. The molecule has 1 aliphatic carbocycles. The second kappa shape index (κ2) is 17.9. The van der Waals surface area contributed by atoms with Crippen molar-refractivity contribution in [2.75, 3.05) is 6.54 Å². The van der Waals surface area contributed by atoms with E-state index in [1.807, 2.05) is 99.6 Å². The molecule has 3 saturated heterocycles. The normalized spacial score (nSPS) is 26.8. The Labute approximate surface area is 335 Å². The highest BCUT2D eigenvalue weighted by atomic mass is 16.7. The molecular formula is C45H56N4O8. The molecule has 12 heteroatoms. The second-order valence-corrected chi connectivity index (χ2v) is 17.0. The molecule has 12 nitrogen and oxygen atoms in total. The van der Waals surface area contributed by atoms with Gasteiger partial charge in [0.2, 0.25) is 11.8 Å². The van der Waals surface area contributed by atoms with E-state index in [1.165, 1.54) is 12.8 Å². The van der Waals surface area contributed by atoms with Gasteiger partial charge in [-0.25, -0.2) is 4.79 Å². The topological polar surface area (TPSA) is 147 Å². The molecule has 3 N–H and O–H groups in total. The molecule has 7 atom stereocenters. The standard InChI is InChI=1S/C45H56N4O8/c1-45(2,3)47-41(52)38-22-21-32-11-7-8-12-37(32)48(38)26-35-23-39(33-17-15-30(27-50)16-18-33)57-43(56-35)34-19-13-29(14-20-34)25-49-40(51)24-36(42(49)53)46-44(54)55-28-31-9-5-4-6-10-31/h4-6,9-10,13-20,32,35-39,43,50H,7-8,11-12,21-28H2,1-3H3,(H,46,54)(H,47,52). The van der Waals surface area contributed by atoms with E-state index in [9.17, 15) is 24.3 Å². The lowest BCUT2D eigenvalue weighted by molar-refractivity contribution is -0.255. The monoisotopic (exact) mass is 780 g/mol. The highest BCUT2D eigenvalue weighted by molar-refractivity contribution is 6.06. The predicted molar refractivity (Wildman–Crippen MR) is 212 cm³/mol. The highest BCUT2D eigenvalue weighted by Gasteiger charge is 2.44. The number of carbonyl (C=O) groups is 4. The number of nitrogens with one attached hydrogen (secondary N) is 2. The molecule has 3 aromatic rings. The first-order chi connectivity index (χ1) is 27.4. The van der Waals surface area contributed by atoms with Crippen molar-refractivity contribution in [1.29, 1.82) is 0 Å². The van der Waals surface area contributed by atoms with E-state index < -0.39 is 24.3 Å². The number of aliphatic hydroxyl groups is 1. The minimum atomic E-state index is -0.993. The number of benzene rings is 3. The fourth-order valence-electron chi connectivity index (χ4n) is 8.83. The number of ether oxygens (including phenoxy) is 3. The van der Waals surface area contributed by atoms with Crippen LogP contribution in [0.4, 0.5) is 4.79 Å². The fourth-order valence-corrected chi connectivity index (χ4v) is 8.83. The number of likely N-dealkylation sites (tertiary alicyclic amines) is 2. The first-order valence-electron chi connectivity index (χ1n) is 20.4. The van der Waals surface area contributed by atoms with Crippen LogP contribution >= 0.6 is 0 Å². The van der Waals surface area contributed by atoms with Crippen molar-refractivity contribution in [3.8, 4) is 0 Å². The van der Waals surface area contributed by atoms with E-state index in [1.54, 1.807) is 0 Å². The Morgan fingerprint density at radius 2 is 1.54 bits per heavy atom. The molecule has 57 heavy (non-hydrogen) atoms. The van der Waals surface area contributed by atoms with Crippen LogP contribution in [-0.4, -0.2) is 75.0 Å². The Kier molecular flexibility index (Phi) is 12.7. The van der Waals surface area contributed by atoms with E-state index >= 15 is 0 Å². The number of fused-ring (bicyclic) bond motifs is 1. The van der Waals surface area contributed by atoms with Crippen molar-refractivity contribution in [3.05, 3.63) is 107 Å². The van der Waals surface area contributed by atoms with Gasteiger partial charge in [0, 0.05) is 30.1 Å². The zero-order valence-electron chi connectivity index (χ0n) is 33.2. The van der Waals surface area contributed by atoms with Gasteiger partial charge >= 0.3 is 6.09 Å². The van der Waals surface area contributed by atoms with Crippen LogP contribution in [0.5, 0.6) is 0 Å². The Balaban J connectivity index is 1.05. The molecule has 3 heterocycles. The van der Waals surface area contributed by atoms with Gasteiger partial charge < -0.3 is 30.0 Å².